The third kappa shape index (κ3) is 0.876. The topological polar surface area (TPSA) is 26.3 Å². The number of carbonyl (C=O) groups is 1. The highest BCUT2D eigenvalue weighted by Crippen LogP contribution is 2.70. The van der Waals surface area contributed by atoms with Gasteiger partial charge in [-0.3, -0.25) is 4.79 Å². The average Bonchev–Trinajstić information content (AvgIpc) is 2.91. The molecule has 3 rings (SSSR count). The minimum Gasteiger partial charge on any atom is -0.464 e. The lowest BCUT2D eigenvalue weighted by molar-refractivity contribution is -0.142. The van der Waals surface area contributed by atoms with Crippen molar-refractivity contribution in [3.05, 3.63) is 35.9 Å². The molecule has 2 nitrogen and oxygen atoms in total. The van der Waals surface area contributed by atoms with Crippen molar-refractivity contribution in [3.8, 4) is 0 Å². The molecule has 0 amide bonds. The number of hydrogen-bond donors (Lipinski definition) is 0. The summed E-state index contributed by atoms with van der Waals surface area (Å²) in [5.41, 5.74) is 0.934. The fourth-order valence-electron chi connectivity index (χ4n) is 3.03. The molecule has 2 fully saturated rings. The monoisotopic (exact) mass is 202 g/mol. The fourth-order valence-corrected chi connectivity index (χ4v) is 3.03. The van der Waals surface area contributed by atoms with E-state index >= 15 is 0 Å². The molecule has 2 aliphatic rings. The van der Waals surface area contributed by atoms with E-state index in [1.807, 2.05) is 30.3 Å². The maximum atomic E-state index is 11.9. The van der Waals surface area contributed by atoms with Crippen LogP contribution in [-0.4, -0.2) is 12.6 Å². The average molecular weight is 202 g/mol. The highest BCUT2D eigenvalue weighted by molar-refractivity contribution is 5.91. The van der Waals surface area contributed by atoms with Crippen molar-refractivity contribution in [2.75, 3.05) is 6.61 Å². The number of rotatable bonds is 2. The summed E-state index contributed by atoms with van der Waals surface area (Å²) in [4.78, 5) is 11.9. The minimum absolute atomic E-state index is 0.0180. The molecule has 1 heterocycles. The van der Waals surface area contributed by atoms with Crippen LogP contribution < -0.4 is 0 Å². The zero-order chi connectivity index (χ0) is 10.5. The van der Waals surface area contributed by atoms with Gasteiger partial charge in [0.15, 0.2) is 0 Å². The Balaban J connectivity index is 2.09. The van der Waals surface area contributed by atoms with Gasteiger partial charge in [0, 0.05) is 5.41 Å². The van der Waals surface area contributed by atoms with E-state index in [-0.39, 0.29) is 16.8 Å². The zero-order valence-electron chi connectivity index (χ0n) is 8.82. The third-order valence-corrected chi connectivity index (χ3v) is 4.16. The van der Waals surface area contributed by atoms with Crippen molar-refractivity contribution < 1.29 is 9.53 Å². The van der Waals surface area contributed by atoms with Crippen LogP contribution in [-0.2, 0) is 14.9 Å². The summed E-state index contributed by atoms with van der Waals surface area (Å²) in [6.45, 7) is 2.75. The van der Waals surface area contributed by atoms with Crippen molar-refractivity contribution in [1.29, 1.82) is 0 Å². The van der Waals surface area contributed by atoms with E-state index in [1.54, 1.807) is 0 Å². The van der Waals surface area contributed by atoms with Crippen molar-refractivity contribution in [1.82, 2.24) is 0 Å². The van der Waals surface area contributed by atoms with Crippen molar-refractivity contribution in [2.24, 2.45) is 5.41 Å². The molecule has 0 aromatic heterocycles. The summed E-state index contributed by atoms with van der Waals surface area (Å²) in [6.07, 6.45) is 1.99. The van der Waals surface area contributed by atoms with E-state index < -0.39 is 0 Å². The Morgan fingerprint density at radius 2 is 2.07 bits per heavy atom. The van der Waals surface area contributed by atoms with Crippen LogP contribution in [0.3, 0.4) is 0 Å². The smallest absolute Gasteiger partial charge is 0.317 e. The first-order valence-electron chi connectivity index (χ1n) is 5.48. The molecule has 78 valence electrons. The molecule has 0 spiro atoms. The molecular formula is C13H14O2. The fraction of sp³-hybridized carbons (Fsp3) is 0.462. The van der Waals surface area contributed by atoms with E-state index in [2.05, 4.69) is 6.92 Å². The van der Waals surface area contributed by atoms with Gasteiger partial charge in [0.1, 0.15) is 5.41 Å². The predicted molar refractivity (Wildman–Crippen MR) is 56.4 cm³/mol. The van der Waals surface area contributed by atoms with E-state index in [4.69, 9.17) is 4.74 Å². The Hall–Kier alpha value is -1.31. The lowest BCUT2D eigenvalue weighted by Crippen LogP contribution is -2.21. The molecule has 1 aromatic rings. The van der Waals surface area contributed by atoms with Crippen molar-refractivity contribution in [3.63, 3.8) is 0 Å². The van der Waals surface area contributed by atoms with Crippen LogP contribution in [0.25, 0.3) is 0 Å². The Morgan fingerprint density at radius 1 is 1.33 bits per heavy atom. The molecule has 1 aliphatic carbocycles. The van der Waals surface area contributed by atoms with Gasteiger partial charge in [-0.1, -0.05) is 37.3 Å². The van der Waals surface area contributed by atoms with Gasteiger partial charge in [-0.05, 0) is 18.4 Å². The maximum Gasteiger partial charge on any atom is 0.317 e. The second kappa shape index (κ2) is 2.63. The highest BCUT2D eigenvalue weighted by Gasteiger charge is 2.76. The van der Waals surface area contributed by atoms with Crippen LogP contribution in [0.2, 0.25) is 0 Å². The second-order valence-corrected chi connectivity index (χ2v) is 4.66. The van der Waals surface area contributed by atoms with Gasteiger partial charge >= 0.3 is 5.97 Å². The van der Waals surface area contributed by atoms with E-state index in [9.17, 15) is 4.79 Å². The van der Waals surface area contributed by atoms with Gasteiger partial charge in [-0.25, -0.2) is 0 Å². The standard InChI is InChI=1S/C13H14O2/c1-2-12-8-13(12,11(14)15-9-12)10-6-4-3-5-7-10/h3-7H,2,8-9H2,1H3/t12-,13-/m1/s1. The molecule has 15 heavy (non-hydrogen) atoms. The van der Waals surface area contributed by atoms with Crippen LogP contribution in [0.1, 0.15) is 25.3 Å². The predicted octanol–water partition coefficient (Wildman–Crippen LogP) is 2.28. The maximum absolute atomic E-state index is 11.9. The van der Waals surface area contributed by atoms with Gasteiger partial charge in [-0.2, -0.15) is 0 Å². The van der Waals surface area contributed by atoms with E-state index in [0.717, 1.165) is 18.4 Å². The van der Waals surface area contributed by atoms with Gasteiger partial charge < -0.3 is 4.74 Å². The Bertz CT molecular complexity index is 412. The zero-order valence-corrected chi connectivity index (χ0v) is 8.82. The van der Waals surface area contributed by atoms with Crippen LogP contribution in [0.4, 0.5) is 0 Å². The molecule has 0 N–H and O–H groups in total. The summed E-state index contributed by atoms with van der Waals surface area (Å²) in [5.74, 6) is -0.0180. The quantitative estimate of drug-likeness (QED) is 0.688. The van der Waals surface area contributed by atoms with Crippen LogP contribution in [0.15, 0.2) is 30.3 Å². The van der Waals surface area contributed by atoms with Crippen molar-refractivity contribution >= 4 is 5.97 Å². The molecule has 1 saturated carbocycles. The lowest BCUT2D eigenvalue weighted by atomic mass is 9.87. The highest BCUT2D eigenvalue weighted by atomic mass is 16.5. The molecule has 2 atom stereocenters. The van der Waals surface area contributed by atoms with Crippen LogP contribution in [0.5, 0.6) is 0 Å². The lowest BCUT2D eigenvalue weighted by Gasteiger charge is -2.12. The summed E-state index contributed by atoms with van der Waals surface area (Å²) in [6, 6.07) is 10.1. The Morgan fingerprint density at radius 3 is 2.67 bits per heavy atom. The first-order valence-corrected chi connectivity index (χ1v) is 5.48. The van der Waals surface area contributed by atoms with E-state index in [1.165, 1.54) is 0 Å². The molecule has 0 unspecified atom stereocenters. The molecule has 0 bridgehead atoms. The SMILES string of the molecule is CC[C@@]12COC(=O)[C@]1(c1ccccc1)C2. The van der Waals surface area contributed by atoms with Gasteiger partial charge in [0.25, 0.3) is 0 Å². The number of ether oxygens (including phenoxy) is 1. The summed E-state index contributed by atoms with van der Waals surface area (Å²) >= 11 is 0. The molecule has 1 saturated heterocycles. The molecular weight excluding hydrogens is 188 g/mol. The van der Waals surface area contributed by atoms with Gasteiger partial charge in [0.05, 0.1) is 6.61 Å². The van der Waals surface area contributed by atoms with E-state index in [0.29, 0.717) is 6.61 Å². The third-order valence-electron chi connectivity index (χ3n) is 4.16. The molecule has 2 heteroatoms. The number of benzene rings is 1. The summed E-state index contributed by atoms with van der Waals surface area (Å²) in [5, 5.41) is 0. The largest absolute Gasteiger partial charge is 0.464 e. The number of fused-ring (bicyclic) bond motifs is 1. The first-order chi connectivity index (χ1) is 7.25. The molecule has 0 radical (unpaired) electrons. The minimum atomic E-state index is -0.303. The number of cyclic esters (lactones) is 1. The number of carbonyl (C=O) groups excluding carboxylic acids is 1. The normalized spacial score (nSPS) is 37.3. The first kappa shape index (κ1) is 8.96. The summed E-state index contributed by atoms with van der Waals surface area (Å²) in [7, 11) is 0. The number of esters is 1. The second-order valence-electron chi connectivity index (χ2n) is 4.66. The van der Waals surface area contributed by atoms with Crippen LogP contribution >= 0.6 is 0 Å². The molecule has 1 aromatic carbocycles. The van der Waals surface area contributed by atoms with Crippen molar-refractivity contribution in [2.45, 2.75) is 25.2 Å². The summed E-state index contributed by atoms with van der Waals surface area (Å²) < 4.78 is 5.23. The van der Waals surface area contributed by atoms with Gasteiger partial charge in [0.2, 0.25) is 0 Å². The Kier molecular flexibility index (Phi) is 1.57. The molecule has 1 aliphatic heterocycles. The van der Waals surface area contributed by atoms with Gasteiger partial charge in [-0.15, -0.1) is 0 Å². The Labute approximate surface area is 89.2 Å². The number of hydrogen-bond acceptors (Lipinski definition) is 2. The van der Waals surface area contributed by atoms with Crippen LogP contribution in [0, 0.1) is 5.41 Å².